The lowest BCUT2D eigenvalue weighted by Gasteiger charge is -2.38. The second-order valence-corrected chi connectivity index (χ2v) is 4.64. The molecule has 0 heterocycles. The van der Waals surface area contributed by atoms with Crippen LogP contribution in [0.5, 0.6) is 0 Å². The maximum Gasteiger partial charge on any atom is 0.0566 e. The quantitative estimate of drug-likeness (QED) is 0.609. The number of hydrogen-bond acceptors (Lipinski definition) is 1. The zero-order chi connectivity index (χ0) is 8.48. The van der Waals surface area contributed by atoms with E-state index in [4.69, 9.17) is 11.6 Å². The molecule has 1 aliphatic rings. The molecular formula is C9H17ClO. The van der Waals surface area contributed by atoms with Crippen LogP contribution in [0, 0.1) is 5.41 Å². The summed E-state index contributed by atoms with van der Waals surface area (Å²) in [6.07, 6.45) is 4.14. The third-order valence-corrected chi connectivity index (χ3v) is 3.33. The SMILES string of the molecule is CC(O)C1(C)CCCC(Cl)C1. The Hall–Kier alpha value is 0.250. The molecule has 0 aromatic rings. The third kappa shape index (κ3) is 2.09. The molecule has 1 fully saturated rings. The fourth-order valence-corrected chi connectivity index (χ4v) is 2.32. The Morgan fingerprint density at radius 1 is 1.64 bits per heavy atom. The van der Waals surface area contributed by atoms with Crippen LogP contribution in [0.25, 0.3) is 0 Å². The van der Waals surface area contributed by atoms with Crippen LogP contribution in [-0.2, 0) is 0 Å². The van der Waals surface area contributed by atoms with Crippen molar-refractivity contribution in [3.8, 4) is 0 Å². The van der Waals surface area contributed by atoms with Crippen molar-refractivity contribution in [3.05, 3.63) is 0 Å². The summed E-state index contributed by atoms with van der Waals surface area (Å²) in [4.78, 5) is 0. The Kier molecular flexibility index (Phi) is 2.82. The number of hydrogen-bond donors (Lipinski definition) is 1. The highest BCUT2D eigenvalue weighted by molar-refractivity contribution is 6.20. The highest BCUT2D eigenvalue weighted by Gasteiger charge is 2.35. The molecule has 0 bridgehead atoms. The minimum Gasteiger partial charge on any atom is -0.393 e. The molecule has 0 amide bonds. The average molecular weight is 177 g/mol. The molecule has 2 heteroatoms. The van der Waals surface area contributed by atoms with E-state index in [9.17, 15) is 5.11 Å². The van der Waals surface area contributed by atoms with Gasteiger partial charge in [-0.15, -0.1) is 11.6 Å². The second kappa shape index (κ2) is 3.32. The van der Waals surface area contributed by atoms with Crippen LogP contribution >= 0.6 is 11.6 Å². The average Bonchev–Trinajstić information content (AvgIpc) is 1.86. The van der Waals surface area contributed by atoms with Crippen molar-refractivity contribution in [1.29, 1.82) is 0 Å². The summed E-state index contributed by atoms with van der Waals surface area (Å²) in [7, 11) is 0. The minimum atomic E-state index is -0.218. The Bertz CT molecular complexity index is 136. The van der Waals surface area contributed by atoms with Gasteiger partial charge in [0.25, 0.3) is 0 Å². The number of rotatable bonds is 1. The van der Waals surface area contributed by atoms with Crippen LogP contribution in [0.2, 0.25) is 0 Å². The Labute approximate surface area is 73.8 Å². The lowest BCUT2D eigenvalue weighted by atomic mass is 9.72. The van der Waals surface area contributed by atoms with E-state index in [1.54, 1.807) is 0 Å². The zero-order valence-corrected chi connectivity index (χ0v) is 8.06. The van der Waals surface area contributed by atoms with Crippen molar-refractivity contribution in [2.75, 3.05) is 0 Å². The highest BCUT2D eigenvalue weighted by Crippen LogP contribution is 2.40. The normalized spacial score (nSPS) is 42.0. The monoisotopic (exact) mass is 176 g/mol. The fraction of sp³-hybridized carbons (Fsp3) is 1.00. The molecule has 66 valence electrons. The van der Waals surface area contributed by atoms with Crippen molar-refractivity contribution >= 4 is 11.6 Å². The van der Waals surface area contributed by atoms with Gasteiger partial charge in [0.1, 0.15) is 0 Å². The summed E-state index contributed by atoms with van der Waals surface area (Å²) in [5.74, 6) is 0. The van der Waals surface area contributed by atoms with E-state index in [0.29, 0.717) is 0 Å². The minimum absolute atomic E-state index is 0.0741. The molecule has 3 atom stereocenters. The summed E-state index contributed by atoms with van der Waals surface area (Å²) in [6.45, 7) is 4.00. The predicted molar refractivity (Wildman–Crippen MR) is 47.9 cm³/mol. The van der Waals surface area contributed by atoms with Gasteiger partial charge in [-0.25, -0.2) is 0 Å². The van der Waals surface area contributed by atoms with E-state index < -0.39 is 0 Å². The smallest absolute Gasteiger partial charge is 0.0566 e. The van der Waals surface area contributed by atoms with Crippen molar-refractivity contribution in [2.45, 2.75) is 51.0 Å². The lowest BCUT2D eigenvalue weighted by Crippen LogP contribution is -2.35. The summed E-state index contributed by atoms with van der Waals surface area (Å²) < 4.78 is 0. The van der Waals surface area contributed by atoms with Gasteiger partial charge in [-0.05, 0) is 31.6 Å². The van der Waals surface area contributed by atoms with E-state index in [-0.39, 0.29) is 16.9 Å². The molecule has 1 aliphatic carbocycles. The van der Waals surface area contributed by atoms with Crippen LogP contribution in [0.1, 0.15) is 39.5 Å². The Morgan fingerprint density at radius 3 is 2.64 bits per heavy atom. The molecule has 0 aromatic carbocycles. The first-order chi connectivity index (χ1) is 5.04. The van der Waals surface area contributed by atoms with Crippen LogP contribution < -0.4 is 0 Å². The predicted octanol–water partition coefficient (Wildman–Crippen LogP) is 2.55. The van der Waals surface area contributed by atoms with Crippen LogP contribution in [-0.4, -0.2) is 16.6 Å². The van der Waals surface area contributed by atoms with Crippen LogP contribution in [0.4, 0.5) is 0 Å². The molecule has 0 radical (unpaired) electrons. The third-order valence-electron chi connectivity index (χ3n) is 2.96. The van der Waals surface area contributed by atoms with Gasteiger partial charge >= 0.3 is 0 Å². The fourth-order valence-electron chi connectivity index (χ4n) is 1.82. The molecule has 0 aromatic heterocycles. The second-order valence-electron chi connectivity index (χ2n) is 4.02. The van der Waals surface area contributed by atoms with Gasteiger partial charge in [0.05, 0.1) is 6.10 Å². The summed E-state index contributed by atoms with van der Waals surface area (Å²) >= 11 is 6.03. The molecule has 3 unspecified atom stereocenters. The number of aliphatic hydroxyl groups is 1. The molecule has 1 nitrogen and oxygen atoms in total. The van der Waals surface area contributed by atoms with Gasteiger partial charge in [-0.3, -0.25) is 0 Å². The van der Waals surface area contributed by atoms with E-state index in [0.717, 1.165) is 25.7 Å². The molecule has 0 aliphatic heterocycles. The van der Waals surface area contributed by atoms with Crippen molar-refractivity contribution in [3.63, 3.8) is 0 Å². The lowest BCUT2D eigenvalue weighted by molar-refractivity contribution is 0.0247. The standard InChI is InChI=1S/C9H17ClO/c1-7(11)9(2)5-3-4-8(10)6-9/h7-8,11H,3-6H2,1-2H3. The maximum absolute atomic E-state index is 9.50. The van der Waals surface area contributed by atoms with Crippen LogP contribution in [0.3, 0.4) is 0 Å². The number of aliphatic hydroxyl groups excluding tert-OH is 1. The molecule has 11 heavy (non-hydrogen) atoms. The molecular weight excluding hydrogens is 160 g/mol. The van der Waals surface area contributed by atoms with Gasteiger partial charge in [0, 0.05) is 5.38 Å². The largest absolute Gasteiger partial charge is 0.393 e. The van der Waals surface area contributed by atoms with E-state index in [1.165, 1.54) is 0 Å². The topological polar surface area (TPSA) is 20.2 Å². The molecule has 1 rings (SSSR count). The van der Waals surface area contributed by atoms with Gasteiger partial charge in [0.2, 0.25) is 0 Å². The Balaban J connectivity index is 2.55. The molecule has 0 saturated heterocycles. The first-order valence-electron chi connectivity index (χ1n) is 4.37. The van der Waals surface area contributed by atoms with Gasteiger partial charge in [-0.1, -0.05) is 13.3 Å². The van der Waals surface area contributed by atoms with Gasteiger partial charge in [0.15, 0.2) is 0 Å². The molecule has 1 saturated carbocycles. The van der Waals surface area contributed by atoms with E-state index in [1.807, 2.05) is 6.92 Å². The zero-order valence-electron chi connectivity index (χ0n) is 7.31. The van der Waals surface area contributed by atoms with Gasteiger partial charge in [-0.2, -0.15) is 0 Å². The first kappa shape index (κ1) is 9.34. The summed E-state index contributed by atoms with van der Waals surface area (Å²) in [5, 5.41) is 9.78. The van der Waals surface area contributed by atoms with Crippen molar-refractivity contribution in [2.24, 2.45) is 5.41 Å². The van der Waals surface area contributed by atoms with Gasteiger partial charge < -0.3 is 5.11 Å². The van der Waals surface area contributed by atoms with E-state index >= 15 is 0 Å². The van der Waals surface area contributed by atoms with E-state index in [2.05, 4.69) is 6.92 Å². The first-order valence-corrected chi connectivity index (χ1v) is 4.80. The van der Waals surface area contributed by atoms with Crippen molar-refractivity contribution < 1.29 is 5.11 Å². The molecule has 0 spiro atoms. The van der Waals surface area contributed by atoms with Crippen LogP contribution in [0.15, 0.2) is 0 Å². The highest BCUT2D eigenvalue weighted by atomic mass is 35.5. The molecule has 1 N–H and O–H groups in total. The maximum atomic E-state index is 9.50. The number of halogens is 1. The summed E-state index contributed by atoms with van der Waals surface area (Å²) in [5.41, 5.74) is 0.0741. The summed E-state index contributed by atoms with van der Waals surface area (Å²) in [6, 6.07) is 0. The van der Waals surface area contributed by atoms with Crippen molar-refractivity contribution in [1.82, 2.24) is 0 Å². The Morgan fingerprint density at radius 2 is 2.27 bits per heavy atom. The number of alkyl halides is 1.